The predicted molar refractivity (Wildman–Crippen MR) is 60.6 cm³/mol. The van der Waals surface area contributed by atoms with Gasteiger partial charge >= 0.3 is 0 Å². The van der Waals surface area contributed by atoms with Crippen molar-refractivity contribution in [3.05, 3.63) is 17.0 Å². The zero-order chi connectivity index (χ0) is 11.0. The second kappa shape index (κ2) is 3.94. The van der Waals surface area contributed by atoms with Crippen LogP contribution in [0.15, 0.2) is 0 Å². The summed E-state index contributed by atoms with van der Waals surface area (Å²) in [5, 5.41) is 4.43. The van der Waals surface area contributed by atoms with Gasteiger partial charge in [-0.2, -0.15) is 5.10 Å². The Morgan fingerprint density at radius 2 is 2.20 bits per heavy atom. The lowest BCUT2D eigenvalue weighted by Crippen LogP contribution is -2.26. The maximum absolute atomic E-state index is 5.90. The molecule has 4 nitrogen and oxygen atoms in total. The van der Waals surface area contributed by atoms with E-state index in [4.69, 9.17) is 5.73 Å². The lowest BCUT2D eigenvalue weighted by molar-refractivity contribution is 0.325. The van der Waals surface area contributed by atoms with Gasteiger partial charge < -0.3 is 5.73 Å². The monoisotopic (exact) mass is 208 g/mol. The van der Waals surface area contributed by atoms with Crippen LogP contribution in [0.25, 0.3) is 0 Å². The topological polar surface area (TPSA) is 47.1 Å². The third-order valence-electron chi connectivity index (χ3n) is 3.35. The van der Waals surface area contributed by atoms with Gasteiger partial charge in [0.25, 0.3) is 0 Å². The van der Waals surface area contributed by atoms with Crippen molar-refractivity contribution in [3.8, 4) is 0 Å². The van der Waals surface area contributed by atoms with E-state index in [1.165, 1.54) is 11.3 Å². The van der Waals surface area contributed by atoms with Gasteiger partial charge in [0.15, 0.2) is 0 Å². The molecule has 2 rings (SSSR count). The normalized spacial score (nSPS) is 22.5. The van der Waals surface area contributed by atoms with Gasteiger partial charge in [0, 0.05) is 44.0 Å². The summed E-state index contributed by atoms with van der Waals surface area (Å²) >= 11 is 0. The van der Waals surface area contributed by atoms with Crippen LogP contribution in [0.1, 0.15) is 23.4 Å². The van der Waals surface area contributed by atoms with Gasteiger partial charge in [-0.05, 0) is 20.3 Å². The smallest absolute Gasteiger partial charge is 0.0641 e. The van der Waals surface area contributed by atoms with E-state index in [1.54, 1.807) is 0 Å². The van der Waals surface area contributed by atoms with Crippen LogP contribution in [-0.4, -0.2) is 33.8 Å². The fourth-order valence-corrected chi connectivity index (χ4v) is 2.28. The standard InChI is InChI=1S/C11H20N4/c1-8-11(9(2)14(3)13-8)7-15-5-4-10(12)6-15/h10H,4-7,12H2,1-3H3. The molecule has 1 aliphatic rings. The molecular weight excluding hydrogens is 188 g/mol. The number of nitrogens with zero attached hydrogens (tertiary/aromatic N) is 3. The minimum absolute atomic E-state index is 0.363. The van der Waals surface area contributed by atoms with Crippen molar-refractivity contribution in [2.75, 3.05) is 13.1 Å². The Hall–Kier alpha value is -0.870. The Morgan fingerprint density at radius 3 is 2.67 bits per heavy atom. The average molecular weight is 208 g/mol. The van der Waals surface area contributed by atoms with Crippen LogP contribution in [0.3, 0.4) is 0 Å². The molecule has 1 aromatic heterocycles. The van der Waals surface area contributed by atoms with Gasteiger partial charge in [-0.15, -0.1) is 0 Å². The molecule has 0 radical (unpaired) electrons. The highest BCUT2D eigenvalue weighted by Gasteiger charge is 2.21. The van der Waals surface area contributed by atoms with E-state index in [1.807, 2.05) is 11.7 Å². The molecule has 0 bridgehead atoms. The molecule has 1 aromatic rings. The van der Waals surface area contributed by atoms with Crippen LogP contribution in [-0.2, 0) is 13.6 Å². The summed E-state index contributed by atoms with van der Waals surface area (Å²) in [6.07, 6.45) is 1.12. The van der Waals surface area contributed by atoms with Crippen molar-refractivity contribution >= 4 is 0 Å². The molecule has 1 fully saturated rings. The van der Waals surface area contributed by atoms with E-state index in [9.17, 15) is 0 Å². The van der Waals surface area contributed by atoms with E-state index >= 15 is 0 Å². The second-order valence-electron chi connectivity index (χ2n) is 4.56. The first-order valence-corrected chi connectivity index (χ1v) is 5.55. The number of aromatic nitrogens is 2. The fraction of sp³-hybridized carbons (Fsp3) is 0.727. The number of rotatable bonds is 2. The lowest BCUT2D eigenvalue weighted by atomic mass is 10.2. The quantitative estimate of drug-likeness (QED) is 0.773. The minimum Gasteiger partial charge on any atom is -0.326 e. The Kier molecular flexibility index (Phi) is 2.80. The van der Waals surface area contributed by atoms with Crippen LogP contribution < -0.4 is 5.73 Å². The van der Waals surface area contributed by atoms with E-state index in [2.05, 4.69) is 23.8 Å². The van der Waals surface area contributed by atoms with E-state index < -0.39 is 0 Å². The van der Waals surface area contributed by atoms with Crippen molar-refractivity contribution in [2.24, 2.45) is 12.8 Å². The van der Waals surface area contributed by atoms with E-state index in [0.717, 1.165) is 31.7 Å². The molecule has 0 aliphatic carbocycles. The summed E-state index contributed by atoms with van der Waals surface area (Å²) in [5.74, 6) is 0. The number of likely N-dealkylation sites (tertiary alicyclic amines) is 1. The van der Waals surface area contributed by atoms with Crippen LogP contribution in [0, 0.1) is 13.8 Å². The first-order valence-electron chi connectivity index (χ1n) is 5.55. The molecule has 0 amide bonds. The molecule has 1 aliphatic heterocycles. The highest BCUT2D eigenvalue weighted by Crippen LogP contribution is 2.17. The molecule has 0 spiro atoms. The number of nitrogens with two attached hydrogens (primary N) is 1. The molecule has 15 heavy (non-hydrogen) atoms. The van der Waals surface area contributed by atoms with Crippen LogP contribution in [0.4, 0.5) is 0 Å². The fourth-order valence-electron chi connectivity index (χ4n) is 2.28. The maximum atomic E-state index is 5.90. The van der Waals surface area contributed by atoms with Crippen molar-refractivity contribution in [2.45, 2.75) is 32.9 Å². The van der Waals surface area contributed by atoms with Crippen molar-refractivity contribution in [3.63, 3.8) is 0 Å². The van der Waals surface area contributed by atoms with Gasteiger partial charge in [-0.1, -0.05) is 0 Å². The zero-order valence-corrected chi connectivity index (χ0v) is 9.82. The molecule has 4 heteroatoms. The van der Waals surface area contributed by atoms with Crippen molar-refractivity contribution < 1.29 is 0 Å². The third kappa shape index (κ3) is 2.06. The molecule has 84 valence electrons. The Bertz CT molecular complexity index is 356. The summed E-state index contributed by atoms with van der Waals surface area (Å²) in [7, 11) is 2.00. The predicted octanol–water partition coefficient (Wildman–Crippen LogP) is 0.570. The van der Waals surface area contributed by atoms with E-state index in [0.29, 0.717) is 6.04 Å². The summed E-state index contributed by atoms with van der Waals surface area (Å²) in [6.45, 7) is 7.35. The van der Waals surface area contributed by atoms with Gasteiger partial charge in [-0.25, -0.2) is 0 Å². The SMILES string of the molecule is Cc1nn(C)c(C)c1CN1CCC(N)C1. The molecule has 0 saturated carbocycles. The van der Waals surface area contributed by atoms with Crippen LogP contribution >= 0.6 is 0 Å². The minimum atomic E-state index is 0.363. The first kappa shape index (κ1) is 10.6. The molecule has 2 heterocycles. The highest BCUT2D eigenvalue weighted by atomic mass is 15.3. The molecular formula is C11H20N4. The van der Waals surface area contributed by atoms with Gasteiger partial charge in [0.2, 0.25) is 0 Å². The number of hydrogen-bond donors (Lipinski definition) is 1. The Balaban J connectivity index is 2.10. The number of hydrogen-bond acceptors (Lipinski definition) is 3. The van der Waals surface area contributed by atoms with Gasteiger partial charge in [-0.3, -0.25) is 9.58 Å². The second-order valence-corrected chi connectivity index (χ2v) is 4.56. The molecule has 2 N–H and O–H groups in total. The van der Waals surface area contributed by atoms with Crippen molar-refractivity contribution in [1.82, 2.24) is 14.7 Å². The average Bonchev–Trinajstić information content (AvgIpc) is 2.67. The van der Waals surface area contributed by atoms with Gasteiger partial charge in [0.1, 0.15) is 0 Å². The zero-order valence-electron chi connectivity index (χ0n) is 9.82. The van der Waals surface area contributed by atoms with Crippen LogP contribution in [0.5, 0.6) is 0 Å². The Labute approximate surface area is 91.1 Å². The summed E-state index contributed by atoms with van der Waals surface area (Å²) in [5.41, 5.74) is 9.68. The Morgan fingerprint density at radius 1 is 1.47 bits per heavy atom. The largest absolute Gasteiger partial charge is 0.326 e. The third-order valence-corrected chi connectivity index (χ3v) is 3.35. The van der Waals surface area contributed by atoms with E-state index in [-0.39, 0.29) is 0 Å². The molecule has 1 saturated heterocycles. The maximum Gasteiger partial charge on any atom is 0.0641 e. The molecule has 1 atom stereocenters. The highest BCUT2D eigenvalue weighted by molar-refractivity contribution is 5.24. The van der Waals surface area contributed by atoms with Crippen LogP contribution in [0.2, 0.25) is 0 Å². The number of aryl methyl sites for hydroxylation is 2. The lowest BCUT2D eigenvalue weighted by Gasteiger charge is -2.15. The summed E-state index contributed by atoms with van der Waals surface area (Å²) in [4.78, 5) is 2.42. The summed E-state index contributed by atoms with van der Waals surface area (Å²) in [6, 6.07) is 0.363. The summed E-state index contributed by atoms with van der Waals surface area (Å²) < 4.78 is 1.96. The first-order chi connectivity index (χ1) is 7.08. The van der Waals surface area contributed by atoms with Gasteiger partial charge in [0.05, 0.1) is 5.69 Å². The molecule has 1 unspecified atom stereocenters. The van der Waals surface area contributed by atoms with Crippen molar-refractivity contribution in [1.29, 1.82) is 0 Å². The molecule has 0 aromatic carbocycles.